The monoisotopic (exact) mass is 367 g/mol. The van der Waals surface area contributed by atoms with Gasteiger partial charge in [-0.25, -0.2) is 4.90 Å². The van der Waals surface area contributed by atoms with Crippen molar-refractivity contribution in [3.8, 4) is 5.75 Å². The van der Waals surface area contributed by atoms with Crippen LogP contribution in [0.5, 0.6) is 5.75 Å². The van der Waals surface area contributed by atoms with E-state index in [-0.39, 0.29) is 23.8 Å². The van der Waals surface area contributed by atoms with Crippen molar-refractivity contribution in [3.63, 3.8) is 0 Å². The van der Waals surface area contributed by atoms with E-state index in [1.165, 1.54) is 24.3 Å². The van der Waals surface area contributed by atoms with Gasteiger partial charge >= 0.3 is 0 Å². The average Bonchev–Trinajstić information content (AvgIpc) is 2.94. The van der Waals surface area contributed by atoms with Crippen molar-refractivity contribution in [2.75, 3.05) is 16.8 Å². The van der Waals surface area contributed by atoms with Crippen molar-refractivity contribution >= 4 is 29.2 Å². The van der Waals surface area contributed by atoms with Gasteiger partial charge in [-0.1, -0.05) is 19.1 Å². The molecule has 0 bridgehead atoms. The molecule has 2 aromatic rings. The minimum absolute atomic E-state index is 0.0230. The van der Waals surface area contributed by atoms with Crippen molar-refractivity contribution in [3.05, 3.63) is 54.1 Å². The van der Waals surface area contributed by atoms with Gasteiger partial charge in [-0.2, -0.15) is 0 Å². The Labute approximate surface area is 156 Å². The molecule has 1 atom stereocenters. The third-order valence-electron chi connectivity index (χ3n) is 4.18. The number of anilines is 2. The number of nitrogens with one attached hydrogen (secondary N) is 1. The summed E-state index contributed by atoms with van der Waals surface area (Å²) in [7, 11) is 0. The Hall–Kier alpha value is -3.35. The first-order chi connectivity index (χ1) is 13.0. The van der Waals surface area contributed by atoms with Crippen LogP contribution in [-0.4, -0.2) is 30.4 Å². The zero-order valence-electron chi connectivity index (χ0n) is 14.8. The number of ether oxygens (including phenoxy) is 1. The Morgan fingerprint density at radius 1 is 1.15 bits per heavy atom. The van der Waals surface area contributed by atoms with Gasteiger partial charge in [-0.3, -0.25) is 9.59 Å². The minimum atomic E-state index is -1.27. The highest BCUT2D eigenvalue weighted by molar-refractivity contribution is 6.23. The molecule has 3 rings (SSSR count). The van der Waals surface area contributed by atoms with Gasteiger partial charge in [-0.05, 0) is 48.4 Å². The first kappa shape index (κ1) is 18.4. The number of rotatable bonds is 7. The van der Waals surface area contributed by atoms with E-state index in [0.717, 1.165) is 11.3 Å². The van der Waals surface area contributed by atoms with Gasteiger partial charge in [0.1, 0.15) is 11.8 Å². The van der Waals surface area contributed by atoms with Crippen molar-refractivity contribution in [2.45, 2.75) is 25.8 Å². The molecule has 0 spiro atoms. The van der Waals surface area contributed by atoms with Gasteiger partial charge in [0.2, 0.25) is 5.91 Å². The van der Waals surface area contributed by atoms with Gasteiger partial charge < -0.3 is 20.0 Å². The maximum Gasteiger partial charge on any atom is 0.256 e. The van der Waals surface area contributed by atoms with Crippen molar-refractivity contribution < 1.29 is 24.2 Å². The maximum atomic E-state index is 12.7. The Kier molecular flexibility index (Phi) is 5.40. The number of amides is 2. The summed E-state index contributed by atoms with van der Waals surface area (Å²) in [5.41, 5.74) is 1.09. The molecule has 1 saturated heterocycles. The first-order valence-corrected chi connectivity index (χ1v) is 8.67. The summed E-state index contributed by atoms with van der Waals surface area (Å²) in [4.78, 5) is 36.9. The average molecular weight is 367 g/mol. The topological polar surface area (TPSA) is 98.8 Å². The molecule has 0 saturated carbocycles. The Bertz CT molecular complexity index is 846. The van der Waals surface area contributed by atoms with Crippen LogP contribution in [0.2, 0.25) is 0 Å². The third-order valence-corrected chi connectivity index (χ3v) is 4.18. The second kappa shape index (κ2) is 7.90. The summed E-state index contributed by atoms with van der Waals surface area (Å²) < 4.78 is 5.51. The zero-order chi connectivity index (χ0) is 19.4. The molecular formula is C20H19N2O5-. The molecule has 1 N–H and O–H groups in total. The zero-order valence-corrected chi connectivity index (χ0v) is 14.8. The fraction of sp³-hybridized carbons (Fsp3) is 0.250. The smallest absolute Gasteiger partial charge is 0.256 e. The summed E-state index contributed by atoms with van der Waals surface area (Å²) in [6.07, 6.45) is 0.914. The molecule has 1 fully saturated rings. The second-order valence-corrected chi connectivity index (χ2v) is 6.18. The summed E-state index contributed by atoms with van der Waals surface area (Å²) in [6, 6.07) is 11.9. The van der Waals surface area contributed by atoms with Crippen LogP contribution in [0.15, 0.2) is 48.5 Å². The van der Waals surface area contributed by atoms with Crippen molar-refractivity contribution in [1.29, 1.82) is 0 Å². The number of hydrogen-bond donors (Lipinski definition) is 1. The van der Waals surface area contributed by atoms with Gasteiger partial charge in [0.25, 0.3) is 5.91 Å². The van der Waals surface area contributed by atoms with Crippen LogP contribution in [0.3, 0.4) is 0 Å². The largest absolute Gasteiger partial charge is 0.545 e. The lowest BCUT2D eigenvalue weighted by molar-refractivity contribution is -0.255. The molecule has 1 heterocycles. The normalized spacial score (nSPS) is 16.5. The Morgan fingerprint density at radius 3 is 2.41 bits per heavy atom. The maximum absolute atomic E-state index is 12.7. The second-order valence-electron chi connectivity index (χ2n) is 6.18. The van der Waals surface area contributed by atoms with Crippen LogP contribution in [0.25, 0.3) is 0 Å². The molecule has 0 radical (unpaired) electrons. The lowest BCUT2D eigenvalue weighted by Crippen LogP contribution is -2.34. The molecule has 1 aliphatic rings. The van der Waals surface area contributed by atoms with E-state index >= 15 is 0 Å². The SMILES string of the molecule is CCCOc1ccc(N2C(=O)C[C@H](Nc3ccc(C(=O)[O-])cc3)C2=O)cc1. The van der Waals surface area contributed by atoms with E-state index in [2.05, 4.69) is 5.32 Å². The highest BCUT2D eigenvalue weighted by Crippen LogP contribution is 2.27. The quantitative estimate of drug-likeness (QED) is 0.746. The van der Waals surface area contributed by atoms with E-state index in [1.54, 1.807) is 24.3 Å². The lowest BCUT2D eigenvalue weighted by atomic mass is 10.2. The number of imide groups is 1. The van der Waals surface area contributed by atoms with Crippen molar-refractivity contribution in [2.24, 2.45) is 0 Å². The molecule has 140 valence electrons. The molecule has 0 aromatic heterocycles. The molecule has 2 amide bonds. The van der Waals surface area contributed by atoms with Crippen LogP contribution in [-0.2, 0) is 9.59 Å². The highest BCUT2D eigenvalue weighted by Gasteiger charge is 2.39. The van der Waals surface area contributed by atoms with Crippen LogP contribution in [0, 0.1) is 0 Å². The Morgan fingerprint density at radius 2 is 1.81 bits per heavy atom. The fourth-order valence-electron chi connectivity index (χ4n) is 2.83. The number of benzene rings is 2. The lowest BCUT2D eigenvalue weighted by Gasteiger charge is -2.17. The van der Waals surface area contributed by atoms with E-state index in [1.807, 2.05) is 6.92 Å². The number of carbonyl (C=O) groups is 3. The van der Waals surface area contributed by atoms with Crippen LogP contribution in [0.4, 0.5) is 11.4 Å². The predicted molar refractivity (Wildman–Crippen MR) is 97.5 cm³/mol. The van der Waals surface area contributed by atoms with E-state index in [4.69, 9.17) is 4.74 Å². The minimum Gasteiger partial charge on any atom is -0.545 e. The van der Waals surface area contributed by atoms with Crippen LogP contribution in [0.1, 0.15) is 30.1 Å². The number of aromatic carboxylic acids is 1. The fourth-order valence-corrected chi connectivity index (χ4v) is 2.83. The van der Waals surface area contributed by atoms with Crippen molar-refractivity contribution in [1.82, 2.24) is 0 Å². The highest BCUT2D eigenvalue weighted by atomic mass is 16.5. The molecule has 0 unspecified atom stereocenters. The summed E-state index contributed by atoms with van der Waals surface area (Å²) >= 11 is 0. The molecule has 2 aromatic carbocycles. The molecule has 27 heavy (non-hydrogen) atoms. The summed E-state index contributed by atoms with van der Waals surface area (Å²) in [5.74, 6) is -1.24. The summed E-state index contributed by atoms with van der Waals surface area (Å²) in [5, 5.41) is 13.8. The number of carboxylic acids is 1. The van der Waals surface area contributed by atoms with Crippen LogP contribution < -0.4 is 20.1 Å². The molecule has 7 heteroatoms. The number of carbonyl (C=O) groups excluding carboxylic acids is 3. The molecule has 0 aliphatic carbocycles. The van der Waals surface area contributed by atoms with E-state index < -0.39 is 12.0 Å². The van der Waals surface area contributed by atoms with E-state index in [9.17, 15) is 19.5 Å². The van der Waals surface area contributed by atoms with Gasteiger partial charge in [0.15, 0.2) is 0 Å². The van der Waals surface area contributed by atoms with Gasteiger partial charge in [0, 0.05) is 5.69 Å². The first-order valence-electron chi connectivity index (χ1n) is 8.67. The van der Waals surface area contributed by atoms with Crippen LogP contribution >= 0.6 is 0 Å². The number of hydrogen-bond acceptors (Lipinski definition) is 6. The molecule has 7 nitrogen and oxygen atoms in total. The third kappa shape index (κ3) is 4.08. The van der Waals surface area contributed by atoms with Gasteiger partial charge in [-0.15, -0.1) is 0 Å². The number of nitrogens with zero attached hydrogens (tertiary/aromatic N) is 1. The number of carboxylic acid groups (broad SMARTS) is 1. The summed E-state index contributed by atoms with van der Waals surface area (Å²) in [6.45, 7) is 2.61. The molecule has 1 aliphatic heterocycles. The Balaban J connectivity index is 1.70. The van der Waals surface area contributed by atoms with Gasteiger partial charge in [0.05, 0.1) is 24.7 Å². The van der Waals surface area contributed by atoms with E-state index in [0.29, 0.717) is 23.7 Å². The standard InChI is InChI=1S/C20H20N2O5/c1-2-11-27-16-9-7-15(8-10-16)22-18(23)12-17(19(22)24)21-14-5-3-13(4-6-14)20(25)26/h3-10,17,21H,2,11-12H2,1H3,(H,25,26)/p-1/t17-/m0/s1. The predicted octanol–water partition coefficient (Wildman–Crippen LogP) is 1.58. The molecular weight excluding hydrogens is 348 g/mol.